The Kier molecular flexibility index (Phi) is 7.37. The van der Waals surface area contributed by atoms with Crippen LogP contribution in [0.15, 0.2) is 64.0 Å². The lowest BCUT2D eigenvalue weighted by atomic mass is 10.1. The molecule has 0 aliphatic carbocycles. The van der Waals surface area contributed by atoms with Gasteiger partial charge in [-0.15, -0.1) is 0 Å². The van der Waals surface area contributed by atoms with E-state index in [1.165, 1.54) is 32.1 Å². The van der Waals surface area contributed by atoms with Gasteiger partial charge in [-0.3, -0.25) is 4.79 Å². The first-order valence-electron chi connectivity index (χ1n) is 8.84. The van der Waals surface area contributed by atoms with Crippen LogP contribution in [0.25, 0.3) is 6.08 Å². The molecule has 8 heteroatoms. The van der Waals surface area contributed by atoms with Crippen molar-refractivity contribution in [3.8, 4) is 0 Å². The van der Waals surface area contributed by atoms with Crippen molar-refractivity contribution in [2.45, 2.75) is 30.4 Å². The first kappa shape index (κ1) is 22.8. The maximum atomic E-state index is 12.9. The fraction of sp³-hybridized carbons (Fsp3) is 0.238. The zero-order valence-electron chi connectivity index (χ0n) is 16.3. The summed E-state index contributed by atoms with van der Waals surface area (Å²) >= 11 is 3.26. The first-order valence-corrected chi connectivity index (χ1v) is 11.1. The number of nitrogens with one attached hydrogen (secondary N) is 1. The van der Waals surface area contributed by atoms with E-state index in [0.717, 1.165) is 10.0 Å². The topological polar surface area (TPSA) is 89.5 Å². The Morgan fingerprint density at radius 3 is 2.21 bits per heavy atom. The molecule has 0 aromatic heterocycles. The zero-order valence-corrected chi connectivity index (χ0v) is 18.7. The summed E-state index contributed by atoms with van der Waals surface area (Å²) in [6.07, 6.45) is 2.90. The van der Waals surface area contributed by atoms with E-state index in [1.54, 1.807) is 49.4 Å². The van der Waals surface area contributed by atoms with Crippen molar-refractivity contribution >= 4 is 49.4 Å². The third kappa shape index (κ3) is 5.55. The van der Waals surface area contributed by atoms with E-state index >= 15 is 0 Å². The summed E-state index contributed by atoms with van der Waals surface area (Å²) in [5, 5.41) is 2.64. The fourth-order valence-electron chi connectivity index (χ4n) is 2.34. The molecule has 0 spiro atoms. The minimum absolute atomic E-state index is 0.0697. The van der Waals surface area contributed by atoms with Gasteiger partial charge in [0, 0.05) is 16.2 Å². The lowest BCUT2D eigenvalue weighted by molar-refractivity contribution is -0.137. The van der Waals surface area contributed by atoms with Gasteiger partial charge in [0.1, 0.15) is 4.75 Å². The number of ether oxygens (including phenoxy) is 1. The summed E-state index contributed by atoms with van der Waals surface area (Å²) < 4.78 is 29.7. The second-order valence-electron chi connectivity index (χ2n) is 6.63. The van der Waals surface area contributed by atoms with Gasteiger partial charge in [0.05, 0.1) is 11.5 Å². The predicted octanol–water partition coefficient (Wildman–Crippen LogP) is 4.22. The number of halogens is 1. The molecule has 1 N–H and O–H groups in total. The molecule has 2 aromatic carbocycles. The van der Waals surface area contributed by atoms with E-state index in [4.69, 9.17) is 4.74 Å². The van der Waals surface area contributed by atoms with E-state index in [2.05, 4.69) is 21.2 Å². The van der Waals surface area contributed by atoms with Gasteiger partial charge in [0.2, 0.25) is 5.91 Å². The van der Waals surface area contributed by atoms with E-state index in [-0.39, 0.29) is 4.90 Å². The summed E-state index contributed by atoms with van der Waals surface area (Å²) in [4.78, 5) is 24.1. The molecule has 1 amide bonds. The Labute approximate surface area is 179 Å². The third-order valence-electron chi connectivity index (χ3n) is 4.21. The third-order valence-corrected chi connectivity index (χ3v) is 7.16. The molecule has 0 saturated carbocycles. The summed E-state index contributed by atoms with van der Waals surface area (Å²) in [6.45, 7) is 4.76. The van der Waals surface area contributed by atoms with Gasteiger partial charge >= 0.3 is 5.97 Å². The number of benzene rings is 2. The van der Waals surface area contributed by atoms with Crippen LogP contribution in [-0.4, -0.2) is 31.6 Å². The molecular weight excluding hydrogens is 458 g/mol. The molecule has 0 unspecified atom stereocenters. The number of hydrogen-bond donors (Lipinski definition) is 1. The highest BCUT2D eigenvalue weighted by atomic mass is 79.9. The first-order chi connectivity index (χ1) is 13.6. The lowest BCUT2D eigenvalue weighted by Gasteiger charge is -2.24. The van der Waals surface area contributed by atoms with Crippen LogP contribution in [0, 0.1) is 0 Å². The van der Waals surface area contributed by atoms with Gasteiger partial charge in [-0.2, -0.15) is 0 Å². The number of anilines is 1. The van der Waals surface area contributed by atoms with Crippen LogP contribution in [0.1, 0.15) is 26.3 Å². The van der Waals surface area contributed by atoms with Crippen molar-refractivity contribution in [2.75, 3.05) is 11.9 Å². The molecule has 154 valence electrons. The summed E-state index contributed by atoms with van der Waals surface area (Å²) in [5.74, 6) is -1.08. The van der Waals surface area contributed by atoms with Gasteiger partial charge < -0.3 is 10.1 Å². The van der Waals surface area contributed by atoms with Crippen molar-refractivity contribution < 1.29 is 22.7 Å². The van der Waals surface area contributed by atoms with Crippen LogP contribution >= 0.6 is 15.9 Å². The minimum atomic E-state index is -3.90. The van der Waals surface area contributed by atoms with Crippen LogP contribution in [0.5, 0.6) is 0 Å². The zero-order chi connectivity index (χ0) is 21.7. The molecule has 2 aromatic rings. The van der Waals surface area contributed by atoms with Crippen LogP contribution in [0.2, 0.25) is 0 Å². The molecule has 29 heavy (non-hydrogen) atoms. The summed E-state index contributed by atoms with van der Waals surface area (Å²) in [6, 6.07) is 12.8. The summed E-state index contributed by atoms with van der Waals surface area (Å²) in [7, 11) is -3.90. The number of rotatable bonds is 7. The Morgan fingerprint density at radius 2 is 1.66 bits per heavy atom. The van der Waals surface area contributed by atoms with Crippen LogP contribution in [-0.2, 0) is 24.2 Å². The largest absolute Gasteiger partial charge is 0.463 e. The average Bonchev–Trinajstić information content (AvgIpc) is 2.68. The molecule has 6 nitrogen and oxygen atoms in total. The molecule has 0 aliphatic rings. The maximum absolute atomic E-state index is 12.9. The van der Waals surface area contributed by atoms with E-state index in [9.17, 15) is 18.0 Å². The van der Waals surface area contributed by atoms with Gasteiger partial charge in [0.25, 0.3) is 0 Å². The van der Waals surface area contributed by atoms with Gasteiger partial charge in [-0.05, 0) is 68.8 Å². The molecule has 0 saturated heterocycles. The monoisotopic (exact) mass is 479 g/mol. The lowest BCUT2D eigenvalue weighted by Crippen LogP contribution is -2.44. The Hall–Kier alpha value is -2.45. The molecule has 2 rings (SSSR count). The number of hydrogen-bond acceptors (Lipinski definition) is 5. The Balaban J connectivity index is 2.14. The van der Waals surface area contributed by atoms with E-state index in [0.29, 0.717) is 12.3 Å². The second-order valence-corrected chi connectivity index (χ2v) is 10.0. The van der Waals surface area contributed by atoms with Crippen molar-refractivity contribution in [1.82, 2.24) is 0 Å². The SMILES string of the molecule is CCOC(=O)/C=C/c1ccc(NC(=O)C(C)(C)S(=O)(=O)c2ccc(Br)cc2)cc1. The van der Waals surface area contributed by atoms with Gasteiger partial charge in [-0.1, -0.05) is 28.1 Å². The average molecular weight is 480 g/mol. The molecule has 0 heterocycles. The Bertz CT molecular complexity index is 1010. The van der Waals surface area contributed by atoms with Crippen molar-refractivity contribution in [1.29, 1.82) is 0 Å². The predicted molar refractivity (Wildman–Crippen MR) is 116 cm³/mol. The number of amides is 1. The highest BCUT2D eigenvalue weighted by Crippen LogP contribution is 2.28. The standard InChI is InChI=1S/C21H22BrNO5S/c1-4-28-19(24)14-7-15-5-10-17(11-6-15)23-20(25)21(2,3)29(26,27)18-12-8-16(22)9-13-18/h5-14H,4H2,1-3H3,(H,23,25)/b14-7+. The second kappa shape index (κ2) is 9.37. The minimum Gasteiger partial charge on any atom is -0.463 e. The summed E-state index contributed by atoms with van der Waals surface area (Å²) in [5.41, 5.74) is 1.18. The highest BCUT2D eigenvalue weighted by Gasteiger charge is 2.42. The fourth-order valence-corrected chi connectivity index (χ4v) is 3.99. The molecule has 0 radical (unpaired) electrons. The van der Waals surface area contributed by atoms with E-state index in [1.807, 2.05) is 0 Å². The molecule has 0 bridgehead atoms. The molecule has 0 fully saturated rings. The quantitative estimate of drug-likeness (QED) is 0.474. The molecule has 0 atom stereocenters. The van der Waals surface area contributed by atoms with Crippen molar-refractivity contribution in [3.05, 3.63) is 64.6 Å². The van der Waals surface area contributed by atoms with E-state index < -0.39 is 26.5 Å². The number of sulfone groups is 1. The van der Waals surface area contributed by atoms with Crippen LogP contribution in [0.4, 0.5) is 5.69 Å². The highest BCUT2D eigenvalue weighted by molar-refractivity contribution is 9.10. The molecular formula is C21H22BrNO5S. The number of carbonyl (C=O) groups excluding carboxylic acids is 2. The maximum Gasteiger partial charge on any atom is 0.330 e. The van der Waals surface area contributed by atoms with Crippen molar-refractivity contribution in [3.63, 3.8) is 0 Å². The van der Waals surface area contributed by atoms with Gasteiger partial charge in [-0.25, -0.2) is 13.2 Å². The number of carbonyl (C=O) groups is 2. The normalized spacial score (nSPS) is 12.0. The number of esters is 1. The van der Waals surface area contributed by atoms with Crippen molar-refractivity contribution in [2.24, 2.45) is 0 Å². The van der Waals surface area contributed by atoms with Crippen LogP contribution in [0.3, 0.4) is 0 Å². The van der Waals surface area contributed by atoms with Gasteiger partial charge in [0.15, 0.2) is 9.84 Å². The smallest absolute Gasteiger partial charge is 0.330 e. The molecule has 0 aliphatic heterocycles. The van der Waals surface area contributed by atoms with Crippen LogP contribution < -0.4 is 5.32 Å². The Morgan fingerprint density at radius 1 is 1.07 bits per heavy atom.